The van der Waals surface area contributed by atoms with E-state index in [1.807, 2.05) is 0 Å². The van der Waals surface area contributed by atoms with Crippen molar-refractivity contribution in [3.8, 4) is 0 Å². The zero-order chi connectivity index (χ0) is 12.8. The van der Waals surface area contributed by atoms with Crippen molar-refractivity contribution in [2.45, 2.75) is 79.2 Å². The van der Waals surface area contributed by atoms with E-state index in [1.165, 1.54) is 38.5 Å². The number of hydrogen-bond acceptors (Lipinski definition) is 1. The van der Waals surface area contributed by atoms with Crippen LogP contribution in [0, 0.1) is 28.1 Å². The molecule has 3 saturated carbocycles. The average Bonchev–Trinajstić information content (AvgIpc) is 2.95. The summed E-state index contributed by atoms with van der Waals surface area (Å²) in [4.78, 5) is 0. The minimum atomic E-state index is 0. The molecular formula is C18H32O. The largest absolute Gasteiger partial charge is 0.375 e. The van der Waals surface area contributed by atoms with Crippen molar-refractivity contribution in [3.63, 3.8) is 0 Å². The molecule has 0 aromatic carbocycles. The molecule has 0 aromatic rings. The van der Waals surface area contributed by atoms with Gasteiger partial charge in [-0.2, -0.15) is 0 Å². The van der Waals surface area contributed by atoms with Gasteiger partial charge in [-0.25, -0.2) is 0 Å². The van der Waals surface area contributed by atoms with E-state index in [1.54, 1.807) is 0 Å². The summed E-state index contributed by atoms with van der Waals surface area (Å²) in [5.74, 6) is 1.95. The van der Waals surface area contributed by atoms with E-state index >= 15 is 0 Å². The van der Waals surface area contributed by atoms with Crippen molar-refractivity contribution >= 4 is 0 Å². The Morgan fingerprint density at radius 1 is 0.947 bits per heavy atom. The monoisotopic (exact) mass is 264 g/mol. The molecule has 2 saturated heterocycles. The Hall–Kier alpha value is -0.0400. The van der Waals surface area contributed by atoms with Gasteiger partial charge in [-0.1, -0.05) is 28.2 Å². The van der Waals surface area contributed by atoms with Gasteiger partial charge in [-0.15, -0.1) is 0 Å². The minimum Gasteiger partial charge on any atom is -0.375 e. The first-order chi connectivity index (χ1) is 8.32. The van der Waals surface area contributed by atoms with E-state index in [4.69, 9.17) is 4.74 Å². The van der Waals surface area contributed by atoms with Crippen LogP contribution in [0.3, 0.4) is 0 Å². The Labute approximate surface area is 119 Å². The highest BCUT2D eigenvalue weighted by molar-refractivity contribution is 5.20. The molecule has 5 fully saturated rings. The fourth-order valence-electron chi connectivity index (χ4n) is 5.91. The summed E-state index contributed by atoms with van der Waals surface area (Å²) in [6, 6.07) is 0. The van der Waals surface area contributed by atoms with Crippen molar-refractivity contribution in [2.75, 3.05) is 6.61 Å². The van der Waals surface area contributed by atoms with Gasteiger partial charge < -0.3 is 4.74 Å². The number of hydrogen-bond donors (Lipinski definition) is 0. The molecule has 110 valence electrons. The van der Waals surface area contributed by atoms with Crippen molar-refractivity contribution in [3.05, 3.63) is 0 Å². The van der Waals surface area contributed by atoms with Crippen molar-refractivity contribution < 1.29 is 4.74 Å². The van der Waals surface area contributed by atoms with E-state index in [0.29, 0.717) is 16.2 Å². The molecule has 0 radical (unpaired) electrons. The third-order valence-electron chi connectivity index (χ3n) is 8.03. The van der Waals surface area contributed by atoms with Crippen LogP contribution in [0.25, 0.3) is 0 Å². The van der Waals surface area contributed by atoms with Crippen LogP contribution >= 0.6 is 0 Å². The van der Waals surface area contributed by atoms with Gasteiger partial charge in [0.2, 0.25) is 0 Å². The molecule has 5 aliphatic rings. The lowest BCUT2D eigenvalue weighted by molar-refractivity contribution is -0.205. The van der Waals surface area contributed by atoms with Crippen LogP contribution in [0.5, 0.6) is 0 Å². The van der Waals surface area contributed by atoms with Gasteiger partial charge >= 0.3 is 0 Å². The fourth-order valence-corrected chi connectivity index (χ4v) is 5.91. The molecule has 1 nitrogen and oxygen atoms in total. The fraction of sp³-hybridized carbons (Fsp3) is 1.00. The number of fused-ring (bicyclic) bond motifs is 4. The summed E-state index contributed by atoms with van der Waals surface area (Å²) in [6.45, 7) is 11.0. The van der Waals surface area contributed by atoms with E-state index < -0.39 is 0 Å². The van der Waals surface area contributed by atoms with E-state index in [9.17, 15) is 0 Å². The van der Waals surface area contributed by atoms with Gasteiger partial charge in [0.05, 0.1) is 12.2 Å². The first-order valence-corrected chi connectivity index (χ1v) is 7.95. The molecule has 2 aliphatic heterocycles. The maximum atomic E-state index is 6.26. The molecule has 3 aliphatic carbocycles. The van der Waals surface area contributed by atoms with Gasteiger partial charge in [0.25, 0.3) is 0 Å². The minimum absolute atomic E-state index is 0. The Morgan fingerprint density at radius 2 is 1.58 bits per heavy atom. The normalized spacial score (nSPS) is 57.5. The number of rotatable bonds is 1. The average molecular weight is 264 g/mol. The predicted molar refractivity (Wildman–Crippen MR) is 80.1 cm³/mol. The molecule has 0 amide bonds. The molecule has 2 heterocycles. The Bertz CT molecular complexity index is 372. The first-order valence-electron chi connectivity index (χ1n) is 7.95. The molecular weight excluding hydrogens is 232 g/mol. The van der Waals surface area contributed by atoms with Crippen LogP contribution in [0.4, 0.5) is 0 Å². The van der Waals surface area contributed by atoms with Crippen molar-refractivity contribution in [1.29, 1.82) is 0 Å². The Morgan fingerprint density at radius 3 is 2.00 bits per heavy atom. The molecule has 5 rings (SSSR count). The zero-order valence-electron chi connectivity index (χ0n) is 12.5. The van der Waals surface area contributed by atoms with E-state index in [-0.39, 0.29) is 13.0 Å². The molecule has 2 bridgehead atoms. The Balaban J connectivity index is 0.00000110. The quantitative estimate of drug-likeness (QED) is 0.644. The summed E-state index contributed by atoms with van der Waals surface area (Å²) in [5.41, 5.74) is 1.96. The van der Waals surface area contributed by atoms with Gasteiger partial charge in [-0.05, 0) is 73.5 Å². The lowest BCUT2D eigenvalue weighted by atomic mass is 9.53. The van der Waals surface area contributed by atoms with Crippen LogP contribution in [-0.4, -0.2) is 12.2 Å². The second-order valence-electron chi connectivity index (χ2n) is 8.93. The SMILES string of the molecule is C.CC12CCC(C3CC4CC4(C)C3(C)C)(CC1)CO2. The van der Waals surface area contributed by atoms with Crippen LogP contribution in [-0.2, 0) is 4.74 Å². The van der Waals surface area contributed by atoms with Crippen LogP contribution < -0.4 is 0 Å². The molecule has 0 aromatic heterocycles. The van der Waals surface area contributed by atoms with Gasteiger partial charge in [0, 0.05) is 0 Å². The molecule has 1 heteroatoms. The van der Waals surface area contributed by atoms with Gasteiger partial charge in [-0.3, -0.25) is 0 Å². The second kappa shape index (κ2) is 3.59. The summed E-state index contributed by atoms with van der Waals surface area (Å²) in [6.07, 6.45) is 8.46. The highest BCUT2D eigenvalue weighted by Gasteiger charge is 2.71. The smallest absolute Gasteiger partial charge is 0.0655 e. The highest BCUT2D eigenvalue weighted by atomic mass is 16.5. The third-order valence-corrected chi connectivity index (χ3v) is 8.03. The van der Waals surface area contributed by atoms with Crippen LogP contribution in [0.1, 0.15) is 73.6 Å². The second-order valence-corrected chi connectivity index (χ2v) is 8.93. The van der Waals surface area contributed by atoms with Crippen LogP contribution in [0.2, 0.25) is 0 Å². The molecule has 0 spiro atoms. The molecule has 3 unspecified atom stereocenters. The number of ether oxygens (including phenoxy) is 1. The Kier molecular flexibility index (Phi) is 2.63. The molecule has 0 N–H and O–H groups in total. The van der Waals surface area contributed by atoms with Crippen LogP contribution in [0.15, 0.2) is 0 Å². The zero-order valence-corrected chi connectivity index (χ0v) is 12.5. The van der Waals surface area contributed by atoms with Crippen molar-refractivity contribution in [2.24, 2.45) is 28.1 Å². The molecule has 19 heavy (non-hydrogen) atoms. The third kappa shape index (κ3) is 1.51. The van der Waals surface area contributed by atoms with E-state index in [2.05, 4.69) is 27.7 Å². The predicted octanol–water partition coefficient (Wildman–Crippen LogP) is 5.04. The lowest BCUT2D eigenvalue weighted by Gasteiger charge is -2.58. The summed E-state index contributed by atoms with van der Waals surface area (Å²) in [5, 5.41) is 0. The maximum Gasteiger partial charge on any atom is 0.0655 e. The van der Waals surface area contributed by atoms with E-state index in [0.717, 1.165) is 18.4 Å². The lowest BCUT2D eigenvalue weighted by Crippen LogP contribution is -2.55. The maximum absolute atomic E-state index is 6.26. The van der Waals surface area contributed by atoms with Gasteiger partial charge in [0.15, 0.2) is 0 Å². The summed E-state index contributed by atoms with van der Waals surface area (Å²) in [7, 11) is 0. The van der Waals surface area contributed by atoms with Gasteiger partial charge in [0.1, 0.15) is 0 Å². The summed E-state index contributed by atoms with van der Waals surface area (Å²) < 4.78 is 6.26. The summed E-state index contributed by atoms with van der Waals surface area (Å²) >= 11 is 0. The standard InChI is InChI=1S/C17H28O.CH4/c1-14(2)13(9-12-10-16(12,14)4)17-7-5-15(3,6-8-17)18-11-17;/h12-13H,5-11H2,1-4H3;1H4. The highest BCUT2D eigenvalue weighted by Crippen LogP contribution is 2.78. The first kappa shape index (κ1) is 13.9. The molecule has 3 atom stereocenters. The van der Waals surface area contributed by atoms with Crippen molar-refractivity contribution in [1.82, 2.24) is 0 Å². The topological polar surface area (TPSA) is 9.23 Å².